The van der Waals surface area contributed by atoms with Crippen molar-refractivity contribution < 1.29 is 23.0 Å². The van der Waals surface area contributed by atoms with Crippen molar-refractivity contribution in [3.8, 4) is 11.5 Å². The molecule has 2 aromatic rings. The normalized spacial score (nSPS) is 11.2. The summed E-state index contributed by atoms with van der Waals surface area (Å²) in [5, 5.41) is 5.93. The van der Waals surface area contributed by atoms with Gasteiger partial charge in [-0.3, -0.25) is 4.79 Å². The molecule has 0 saturated carbocycles. The molecule has 7 nitrogen and oxygen atoms in total. The number of nitrogens with one attached hydrogen (secondary N) is 2. The highest BCUT2D eigenvalue weighted by molar-refractivity contribution is 5.88. The third-order valence-corrected chi connectivity index (χ3v) is 4.04. The Bertz CT molecular complexity index is 860. The van der Waals surface area contributed by atoms with E-state index in [0.717, 1.165) is 5.56 Å². The molecule has 2 N–H and O–H groups in total. The van der Waals surface area contributed by atoms with Crippen LogP contribution in [0.15, 0.2) is 53.5 Å². The lowest BCUT2D eigenvalue weighted by molar-refractivity contribution is -0.114. The monoisotopic (exact) mass is 434 g/mol. The first-order valence-corrected chi connectivity index (χ1v) is 9.91. The summed E-state index contributed by atoms with van der Waals surface area (Å²) in [5.74, 6) is 1.33. The zero-order valence-electron chi connectivity index (χ0n) is 17.9. The minimum Gasteiger partial charge on any atom is -0.492 e. The Morgan fingerprint density at radius 3 is 2.55 bits per heavy atom. The van der Waals surface area contributed by atoms with Gasteiger partial charge in [0.25, 0.3) is 0 Å². The topological polar surface area (TPSA) is 75.2 Å². The van der Waals surface area contributed by atoms with E-state index in [4.69, 9.17) is 4.74 Å². The Balaban J connectivity index is 1.89. The fraction of sp³-hybridized carbons (Fsp3) is 0.364. The maximum atomic E-state index is 12.3. The van der Waals surface area contributed by atoms with Gasteiger partial charge in [-0.1, -0.05) is 18.2 Å². The molecule has 0 bridgehead atoms. The van der Waals surface area contributed by atoms with Crippen molar-refractivity contribution in [2.24, 2.45) is 4.99 Å². The summed E-state index contributed by atoms with van der Waals surface area (Å²) in [6.07, 6.45) is 0. The van der Waals surface area contributed by atoms with E-state index in [-0.39, 0.29) is 11.7 Å². The lowest BCUT2D eigenvalue weighted by Gasteiger charge is -2.22. The van der Waals surface area contributed by atoms with Gasteiger partial charge in [-0.15, -0.1) is 0 Å². The lowest BCUT2D eigenvalue weighted by atomic mass is 10.2. The summed E-state index contributed by atoms with van der Waals surface area (Å²) in [6.45, 7) is 2.63. The van der Waals surface area contributed by atoms with Crippen molar-refractivity contribution in [3.63, 3.8) is 0 Å². The molecule has 0 aromatic heterocycles. The van der Waals surface area contributed by atoms with Gasteiger partial charge in [0.15, 0.2) is 5.96 Å². The van der Waals surface area contributed by atoms with Gasteiger partial charge in [0.05, 0.1) is 6.54 Å². The van der Waals surface area contributed by atoms with Crippen LogP contribution >= 0.6 is 0 Å². The van der Waals surface area contributed by atoms with E-state index in [9.17, 15) is 13.6 Å². The molecule has 0 aliphatic heterocycles. The van der Waals surface area contributed by atoms with Gasteiger partial charge in [-0.05, 0) is 36.8 Å². The van der Waals surface area contributed by atoms with E-state index in [1.54, 1.807) is 30.3 Å². The number of anilines is 1. The first-order chi connectivity index (χ1) is 14.9. The van der Waals surface area contributed by atoms with Gasteiger partial charge < -0.3 is 25.0 Å². The van der Waals surface area contributed by atoms with E-state index in [2.05, 4.69) is 20.4 Å². The number of aliphatic imine (C=N–C) groups is 1. The lowest BCUT2D eigenvalue weighted by Crippen LogP contribution is -2.38. The minimum absolute atomic E-state index is 0.127. The summed E-state index contributed by atoms with van der Waals surface area (Å²) < 4.78 is 34.6. The Morgan fingerprint density at radius 1 is 1.16 bits per heavy atom. The average molecular weight is 434 g/mol. The third kappa shape index (κ3) is 8.90. The van der Waals surface area contributed by atoms with Crippen molar-refractivity contribution in [3.05, 3.63) is 54.1 Å². The number of rotatable bonds is 10. The van der Waals surface area contributed by atoms with E-state index in [1.807, 2.05) is 24.9 Å². The second-order valence-electron chi connectivity index (χ2n) is 6.67. The van der Waals surface area contributed by atoms with Gasteiger partial charge in [-0.25, -0.2) is 4.99 Å². The van der Waals surface area contributed by atoms with Crippen molar-refractivity contribution in [2.75, 3.05) is 32.1 Å². The fourth-order valence-electron chi connectivity index (χ4n) is 2.78. The predicted molar refractivity (Wildman–Crippen MR) is 117 cm³/mol. The number of alkyl halides is 2. The highest BCUT2D eigenvalue weighted by Gasteiger charge is 2.08. The first kappa shape index (κ1) is 23.9. The zero-order valence-corrected chi connectivity index (χ0v) is 17.9. The summed E-state index contributed by atoms with van der Waals surface area (Å²) >= 11 is 0. The molecule has 0 spiro atoms. The Morgan fingerprint density at radius 2 is 1.90 bits per heavy atom. The summed E-state index contributed by atoms with van der Waals surface area (Å²) in [6, 6.07) is 13.7. The van der Waals surface area contributed by atoms with E-state index in [1.165, 1.54) is 19.1 Å². The van der Waals surface area contributed by atoms with Crippen LogP contribution in [0.1, 0.15) is 19.4 Å². The van der Waals surface area contributed by atoms with E-state index < -0.39 is 6.61 Å². The van der Waals surface area contributed by atoms with Crippen LogP contribution in [0.2, 0.25) is 0 Å². The number of carbonyl (C=O) groups is 1. The van der Waals surface area contributed by atoms with Crippen molar-refractivity contribution in [1.82, 2.24) is 10.2 Å². The SMILES string of the molecule is CCNC(=NCCOc1cccc(NC(C)=O)c1)N(C)Cc1ccc(OC(F)F)cc1. The highest BCUT2D eigenvalue weighted by Crippen LogP contribution is 2.17. The number of guanidine groups is 1. The maximum absolute atomic E-state index is 12.3. The quantitative estimate of drug-likeness (QED) is 0.339. The van der Waals surface area contributed by atoms with Crippen molar-refractivity contribution in [2.45, 2.75) is 27.0 Å². The number of amides is 1. The van der Waals surface area contributed by atoms with Crippen LogP contribution in [0.4, 0.5) is 14.5 Å². The van der Waals surface area contributed by atoms with Gasteiger partial charge in [0.1, 0.15) is 18.1 Å². The molecule has 0 aliphatic carbocycles. The van der Waals surface area contributed by atoms with Crippen LogP contribution in [-0.4, -0.2) is 50.1 Å². The number of hydrogen-bond donors (Lipinski definition) is 2. The van der Waals surface area contributed by atoms with Crippen LogP contribution < -0.4 is 20.1 Å². The maximum Gasteiger partial charge on any atom is 0.387 e. The number of halogens is 2. The molecule has 1 amide bonds. The number of hydrogen-bond acceptors (Lipinski definition) is 4. The average Bonchev–Trinajstić information content (AvgIpc) is 2.71. The first-order valence-electron chi connectivity index (χ1n) is 9.91. The Hall–Kier alpha value is -3.36. The minimum atomic E-state index is -2.84. The predicted octanol–water partition coefficient (Wildman–Crippen LogP) is 3.72. The van der Waals surface area contributed by atoms with Crippen LogP contribution in [-0.2, 0) is 11.3 Å². The molecule has 0 fully saturated rings. The molecule has 0 aliphatic rings. The molecule has 9 heteroatoms. The standard InChI is InChI=1S/C22H28F2N4O3/c1-4-25-22(28(3)15-17-8-10-19(11-9-17)31-21(23)24)26-12-13-30-20-7-5-6-18(14-20)27-16(2)29/h5-11,14,21H,4,12-13,15H2,1-3H3,(H,25,26)(H,27,29). The van der Waals surface area contributed by atoms with Crippen LogP contribution in [0.25, 0.3) is 0 Å². The molecule has 0 atom stereocenters. The molecule has 2 rings (SSSR count). The number of carbonyl (C=O) groups excluding carboxylic acids is 1. The summed E-state index contributed by atoms with van der Waals surface area (Å²) in [7, 11) is 1.89. The van der Waals surface area contributed by atoms with Crippen LogP contribution in [0.5, 0.6) is 11.5 Å². The van der Waals surface area contributed by atoms with E-state index in [0.29, 0.717) is 43.6 Å². The molecule has 0 saturated heterocycles. The van der Waals surface area contributed by atoms with Gasteiger partial charge in [0, 0.05) is 38.8 Å². The van der Waals surface area contributed by atoms with Gasteiger partial charge >= 0.3 is 6.61 Å². The summed E-state index contributed by atoms with van der Waals surface area (Å²) in [5.41, 5.74) is 1.60. The highest BCUT2D eigenvalue weighted by atomic mass is 19.3. The number of benzene rings is 2. The van der Waals surface area contributed by atoms with E-state index >= 15 is 0 Å². The van der Waals surface area contributed by atoms with Crippen LogP contribution in [0.3, 0.4) is 0 Å². The Kier molecular flexibility index (Phi) is 9.54. The molecule has 0 heterocycles. The smallest absolute Gasteiger partial charge is 0.387 e. The summed E-state index contributed by atoms with van der Waals surface area (Å²) in [4.78, 5) is 17.7. The molecule has 0 radical (unpaired) electrons. The molecular formula is C22H28F2N4O3. The second-order valence-corrected chi connectivity index (χ2v) is 6.67. The second kappa shape index (κ2) is 12.4. The number of nitrogens with zero attached hydrogens (tertiary/aromatic N) is 2. The third-order valence-electron chi connectivity index (χ3n) is 4.04. The zero-order chi connectivity index (χ0) is 22.6. The molecule has 2 aromatic carbocycles. The largest absolute Gasteiger partial charge is 0.492 e. The number of ether oxygens (including phenoxy) is 2. The van der Waals surface area contributed by atoms with Gasteiger partial charge in [0.2, 0.25) is 5.91 Å². The molecular weight excluding hydrogens is 406 g/mol. The van der Waals surface area contributed by atoms with Crippen molar-refractivity contribution >= 4 is 17.6 Å². The Labute approximate surface area is 181 Å². The molecule has 0 unspecified atom stereocenters. The van der Waals surface area contributed by atoms with Gasteiger partial charge in [-0.2, -0.15) is 8.78 Å². The van der Waals surface area contributed by atoms with Crippen molar-refractivity contribution in [1.29, 1.82) is 0 Å². The molecule has 31 heavy (non-hydrogen) atoms. The fourth-order valence-corrected chi connectivity index (χ4v) is 2.78. The van der Waals surface area contributed by atoms with Crippen LogP contribution in [0, 0.1) is 0 Å². The molecule has 168 valence electrons.